The van der Waals surface area contributed by atoms with E-state index >= 15 is 0 Å². The van der Waals surface area contributed by atoms with Crippen LogP contribution in [-0.4, -0.2) is 50.8 Å². The fourth-order valence-corrected chi connectivity index (χ4v) is 3.12. The minimum absolute atomic E-state index is 0.296. The van der Waals surface area contributed by atoms with Crippen molar-refractivity contribution in [2.24, 2.45) is 5.73 Å². The summed E-state index contributed by atoms with van der Waals surface area (Å²) >= 11 is 0. The number of nitrogens with two attached hydrogens (primary N) is 1. The van der Waals surface area contributed by atoms with Crippen LogP contribution >= 0.6 is 0 Å². The molecule has 0 spiro atoms. The SMILES string of the molecule is CCCCCCCCCCCCCCCCCCN.O=C(O)CCC(=O)O.O=C(O)CCC(=O)O. The first-order valence-electron chi connectivity index (χ1n) is 13.2. The molecular weight excluding hydrogens is 454 g/mol. The molecule has 0 atom stereocenters. The third-order valence-electron chi connectivity index (χ3n) is 5.16. The van der Waals surface area contributed by atoms with E-state index in [-0.39, 0.29) is 25.7 Å². The van der Waals surface area contributed by atoms with Gasteiger partial charge in [-0.2, -0.15) is 0 Å². The molecule has 0 aromatic carbocycles. The highest BCUT2D eigenvalue weighted by atomic mass is 16.4. The zero-order valence-electron chi connectivity index (χ0n) is 21.8. The van der Waals surface area contributed by atoms with E-state index in [9.17, 15) is 19.2 Å². The van der Waals surface area contributed by atoms with Gasteiger partial charge >= 0.3 is 23.9 Å². The summed E-state index contributed by atoms with van der Waals surface area (Å²) < 4.78 is 0. The maximum Gasteiger partial charge on any atom is 0.303 e. The van der Waals surface area contributed by atoms with Crippen LogP contribution in [0.5, 0.6) is 0 Å². The third-order valence-corrected chi connectivity index (χ3v) is 5.16. The van der Waals surface area contributed by atoms with E-state index in [1.807, 2.05) is 0 Å². The van der Waals surface area contributed by atoms with E-state index in [0.717, 1.165) is 6.54 Å². The Morgan fingerprint density at radius 1 is 0.429 bits per heavy atom. The summed E-state index contributed by atoms with van der Waals surface area (Å²) in [6.45, 7) is 3.16. The number of rotatable bonds is 22. The molecular formula is C26H51NO8. The van der Waals surface area contributed by atoms with Crippen molar-refractivity contribution in [3.63, 3.8) is 0 Å². The quantitative estimate of drug-likeness (QED) is 0.109. The maximum atomic E-state index is 9.64. The predicted octanol–water partition coefficient (Wildman–Crippen LogP) is 6.08. The molecule has 0 aliphatic heterocycles. The van der Waals surface area contributed by atoms with Crippen LogP contribution in [0.4, 0.5) is 0 Å². The second-order valence-electron chi connectivity index (χ2n) is 8.67. The molecule has 0 aromatic rings. The van der Waals surface area contributed by atoms with E-state index in [1.54, 1.807) is 0 Å². The number of hydrogen-bond donors (Lipinski definition) is 5. The van der Waals surface area contributed by atoms with Crippen molar-refractivity contribution in [1.29, 1.82) is 0 Å². The average molecular weight is 506 g/mol. The van der Waals surface area contributed by atoms with Gasteiger partial charge in [0, 0.05) is 0 Å². The molecule has 0 aromatic heterocycles. The second-order valence-corrected chi connectivity index (χ2v) is 8.67. The molecule has 35 heavy (non-hydrogen) atoms. The average Bonchev–Trinajstić information content (AvgIpc) is 2.80. The zero-order chi connectivity index (χ0) is 27.2. The Labute approximate surface area is 211 Å². The molecule has 0 radical (unpaired) electrons. The van der Waals surface area contributed by atoms with Gasteiger partial charge in [0.1, 0.15) is 0 Å². The van der Waals surface area contributed by atoms with Crippen molar-refractivity contribution in [3.05, 3.63) is 0 Å². The van der Waals surface area contributed by atoms with Crippen molar-refractivity contribution in [2.45, 2.75) is 135 Å². The molecule has 9 nitrogen and oxygen atoms in total. The first-order chi connectivity index (χ1) is 16.7. The van der Waals surface area contributed by atoms with Crippen molar-refractivity contribution in [2.75, 3.05) is 6.54 Å². The Kier molecular flexibility index (Phi) is 34.0. The number of aliphatic carboxylic acids is 4. The first-order valence-corrected chi connectivity index (χ1v) is 13.2. The van der Waals surface area contributed by atoms with Gasteiger partial charge in [-0.3, -0.25) is 19.2 Å². The van der Waals surface area contributed by atoms with Gasteiger partial charge < -0.3 is 26.2 Å². The van der Waals surface area contributed by atoms with Crippen molar-refractivity contribution in [3.8, 4) is 0 Å². The van der Waals surface area contributed by atoms with Gasteiger partial charge in [0.05, 0.1) is 25.7 Å². The predicted molar refractivity (Wildman–Crippen MR) is 138 cm³/mol. The minimum atomic E-state index is -1.08. The summed E-state index contributed by atoms with van der Waals surface area (Å²) in [7, 11) is 0. The molecule has 208 valence electrons. The van der Waals surface area contributed by atoms with Gasteiger partial charge in [0.15, 0.2) is 0 Å². The van der Waals surface area contributed by atoms with Gasteiger partial charge in [-0.1, -0.05) is 103 Å². The largest absolute Gasteiger partial charge is 0.481 e. The van der Waals surface area contributed by atoms with Gasteiger partial charge in [-0.25, -0.2) is 0 Å². The van der Waals surface area contributed by atoms with Gasteiger partial charge in [-0.05, 0) is 13.0 Å². The molecule has 0 unspecified atom stereocenters. The molecule has 0 saturated heterocycles. The van der Waals surface area contributed by atoms with E-state index in [2.05, 4.69) is 6.92 Å². The lowest BCUT2D eigenvalue weighted by Gasteiger charge is -2.03. The van der Waals surface area contributed by atoms with Crippen molar-refractivity contribution >= 4 is 23.9 Å². The van der Waals surface area contributed by atoms with Gasteiger partial charge in [0.2, 0.25) is 0 Å². The lowest BCUT2D eigenvalue weighted by Crippen LogP contribution is -2.00. The van der Waals surface area contributed by atoms with Gasteiger partial charge in [0.25, 0.3) is 0 Å². The third kappa shape index (κ3) is 49.9. The zero-order valence-corrected chi connectivity index (χ0v) is 21.8. The first kappa shape index (κ1) is 37.4. The highest BCUT2D eigenvalue weighted by Crippen LogP contribution is 2.13. The molecule has 0 rings (SSSR count). The summed E-state index contributed by atoms with van der Waals surface area (Å²) in [6, 6.07) is 0. The van der Waals surface area contributed by atoms with E-state index < -0.39 is 23.9 Å². The van der Waals surface area contributed by atoms with E-state index in [1.165, 1.54) is 103 Å². The molecule has 0 amide bonds. The van der Waals surface area contributed by atoms with Crippen LogP contribution in [-0.2, 0) is 19.2 Å². The molecule has 0 aliphatic carbocycles. The summed E-state index contributed by atoms with van der Waals surface area (Å²) in [5.41, 5.74) is 5.48. The van der Waals surface area contributed by atoms with Crippen LogP contribution in [0.15, 0.2) is 0 Å². The Morgan fingerprint density at radius 3 is 0.800 bits per heavy atom. The summed E-state index contributed by atoms with van der Waals surface area (Å²) in [6.07, 6.45) is 21.7. The van der Waals surface area contributed by atoms with Crippen molar-refractivity contribution in [1.82, 2.24) is 0 Å². The molecule has 0 fully saturated rings. The highest BCUT2D eigenvalue weighted by Gasteiger charge is 2.01. The number of unbranched alkanes of at least 4 members (excludes halogenated alkanes) is 15. The number of carboxylic acids is 4. The summed E-state index contributed by atoms with van der Waals surface area (Å²) in [5.74, 6) is -4.31. The Hall–Kier alpha value is -2.16. The van der Waals surface area contributed by atoms with Crippen LogP contribution in [0.25, 0.3) is 0 Å². The Morgan fingerprint density at radius 2 is 0.629 bits per heavy atom. The Balaban J connectivity index is -0.000000526. The normalized spacial score (nSPS) is 9.89. The highest BCUT2D eigenvalue weighted by molar-refractivity contribution is 5.75. The minimum Gasteiger partial charge on any atom is -0.481 e. The maximum absolute atomic E-state index is 9.64. The topological polar surface area (TPSA) is 175 Å². The fraction of sp³-hybridized carbons (Fsp3) is 0.846. The molecule has 0 aliphatic rings. The molecule has 0 saturated carbocycles. The number of carboxylic acid groups (broad SMARTS) is 4. The molecule has 0 bridgehead atoms. The lowest BCUT2D eigenvalue weighted by molar-refractivity contribution is -0.143. The Bertz CT molecular complexity index is 440. The lowest BCUT2D eigenvalue weighted by atomic mass is 10.0. The fourth-order valence-electron chi connectivity index (χ4n) is 3.12. The molecule has 9 heteroatoms. The van der Waals surface area contributed by atoms with Crippen LogP contribution in [0.1, 0.15) is 135 Å². The smallest absolute Gasteiger partial charge is 0.303 e. The van der Waals surface area contributed by atoms with Crippen LogP contribution in [0.2, 0.25) is 0 Å². The molecule has 0 heterocycles. The monoisotopic (exact) mass is 505 g/mol. The van der Waals surface area contributed by atoms with Crippen LogP contribution in [0.3, 0.4) is 0 Å². The summed E-state index contributed by atoms with van der Waals surface area (Å²) in [5, 5.41) is 31.6. The second kappa shape index (κ2) is 31.8. The number of hydrogen-bond acceptors (Lipinski definition) is 5. The van der Waals surface area contributed by atoms with E-state index in [4.69, 9.17) is 26.2 Å². The summed E-state index contributed by atoms with van der Waals surface area (Å²) in [4.78, 5) is 38.6. The van der Waals surface area contributed by atoms with E-state index in [0.29, 0.717) is 0 Å². The number of carbonyl (C=O) groups is 4. The van der Waals surface area contributed by atoms with Gasteiger partial charge in [-0.15, -0.1) is 0 Å². The van der Waals surface area contributed by atoms with Crippen LogP contribution < -0.4 is 5.73 Å². The standard InChI is InChI=1S/C18H39N.2C4H6O4/c1-2-3-4-5-6-7-8-9-10-11-12-13-14-15-16-17-18-19;2*5-3(6)1-2-4(7)8/h2-19H2,1H3;2*1-2H2,(H,5,6)(H,7,8). The van der Waals surface area contributed by atoms with Crippen LogP contribution in [0, 0.1) is 0 Å². The van der Waals surface area contributed by atoms with Crippen molar-refractivity contribution < 1.29 is 39.6 Å². The molecule has 6 N–H and O–H groups in total.